The quantitative estimate of drug-likeness (QED) is 0.288. The van der Waals surface area contributed by atoms with Crippen molar-refractivity contribution in [3.63, 3.8) is 0 Å². The highest BCUT2D eigenvalue weighted by atomic mass is 19.1. The molecule has 5 rings (SSSR count). The van der Waals surface area contributed by atoms with Gasteiger partial charge in [-0.05, 0) is 30.0 Å². The lowest BCUT2D eigenvalue weighted by Gasteiger charge is -2.32. The van der Waals surface area contributed by atoms with Gasteiger partial charge in [-0.3, -0.25) is 9.80 Å². The molecule has 40 heavy (non-hydrogen) atoms. The van der Waals surface area contributed by atoms with Crippen LogP contribution < -0.4 is 5.73 Å². The van der Waals surface area contributed by atoms with Gasteiger partial charge in [-0.25, -0.2) is 4.39 Å². The van der Waals surface area contributed by atoms with Crippen molar-refractivity contribution < 1.29 is 18.4 Å². The Kier molecular flexibility index (Phi) is 10.1. The highest BCUT2D eigenvalue weighted by molar-refractivity contribution is 5.80. The molecule has 0 amide bonds. The van der Waals surface area contributed by atoms with Crippen LogP contribution in [0.25, 0.3) is 11.1 Å². The third-order valence-electron chi connectivity index (χ3n) is 7.48. The first-order valence-electron chi connectivity index (χ1n) is 14.1. The Morgan fingerprint density at radius 3 is 2.12 bits per heavy atom. The summed E-state index contributed by atoms with van der Waals surface area (Å²) in [5.74, 6) is 0.629. The molecule has 2 saturated heterocycles. The fourth-order valence-corrected chi connectivity index (χ4v) is 4.99. The van der Waals surface area contributed by atoms with Gasteiger partial charge in [0.05, 0.1) is 32.1 Å². The second-order valence-corrected chi connectivity index (χ2v) is 10.2. The molecular formula is C30H39FN6O3. The van der Waals surface area contributed by atoms with Gasteiger partial charge in [-0.15, -0.1) is 0 Å². The number of guanidine groups is 1. The number of morpholine rings is 2. The lowest BCUT2D eigenvalue weighted by molar-refractivity contribution is 0.0305. The van der Waals surface area contributed by atoms with Crippen molar-refractivity contribution in [2.75, 3.05) is 78.8 Å². The Morgan fingerprint density at radius 1 is 0.875 bits per heavy atom. The Morgan fingerprint density at radius 2 is 1.50 bits per heavy atom. The molecule has 1 aromatic heterocycles. The van der Waals surface area contributed by atoms with Crippen molar-refractivity contribution in [1.82, 2.24) is 19.9 Å². The molecule has 9 nitrogen and oxygen atoms in total. The van der Waals surface area contributed by atoms with Crippen LogP contribution in [0.2, 0.25) is 0 Å². The number of aromatic nitrogens is 1. The monoisotopic (exact) mass is 550 g/mol. The van der Waals surface area contributed by atoms with E-state index >= 15 is 0 Å². The smallest absolute Gasteiger partial charge is 0.253 e. The Bertz CT molecular complexity index is 1200. The van der Waals surface area contributed by atoms with E-state index in [0.717, 1.165) is 102 Å². The van der Waals surface area contributed by atoms with E-state index in [1.54, 1.807) is 12.1 Å². The molecule has 2 aromatic carbocycles. The number of halogens is 1. The molecule has 2 aliphatic heterocycles. The summed E-state index contributed by atoms with van der Waals surface area (Å²) < 4.78 is 30.6. The minimum absolute atomic E-state index is 0.217. The number of rotatable bonds is 11. The van der Waals surface area contributed by atoms with E-state index in [0.29, 0.717) is 23.8 Å². The first-order valence-corrected chi connectivity index (χ1v) is 14.1. The third kappa shape index (κ3) is 8.11. The molecule has 0 bridgehead atoms. The van der Waals surface area contributed by atoms with Gasteiger partial charge < -0.3 is 24.6 Å². The molecule has 0 saturated carbocycles. The SMILES string of the molecule is NC(=Nc1cc(CCc2ccc(-c3ccccc3F)cc2)no1)N(CCN1CCOCC1)CCN1CCOCC1. The molecular weight excluding hydrogens is 511 g/mol. The lowest BCUT2D eigenvalue weighted by Crippen LogP contribution is -2.48. The van der Waals surface area contributed by atoms with E-state index in [2.05, 4.69) is 24.8 Å². The lowest BCUT2D eigenvalue weighted by atomic mass is 10.0. The Labute approximate surface area is 235 Å². The molecule has 3 heterocycles. The average Bonchev–Trinajstić information content (AvgIpc) is 3.45. The molecule has 10 heteroatoms. The average molecular weight is 551 g/mol. The number of benzene rings is 2. The van der Waals surface area contributed by atoms with Crippen molar-refractivity contribution in [1.29, 1.82) is 0 Å². The maximum Gasteiger partial charge on any atom is 0.253 e. The van der Waals surface area contributed by atoms with Crippen molar-refractivity contribution in [3.8, 4) is 11.1 Å². The van der Waals surface area contributed by atoms with Gasteiger partial charge in [-0.1, -0.05) is 47.6 Å². The third-order valence-corrected chi connectivity index (χ3v) is 7.48. The van der Waals surface area contributed by atoms with E-state index < -0.39 is 0 Å². The van der Waals surface area contributed by atoms with Crippen molar-refractivity contribution in [2.45, 2.75) is 12.8 Å². The number of hydrogen-bond acceptors (Lipinski definition) is 7. The second kappa shape index (κ2) is 14.4. The van der Waals surface area contributed by atoms with E-state index in [-0.39, 0.29) is 5.82 Å². The van der Waals surface area contributed by atoms with Crippen LogP contribution in [-0.4, -0.2) is 105 Å². The Hall–Kier alpha value is -3.31. The van der Waals surface area contributed by atoms with Gasteiger partial charge in [-0.2, -0.15) is 4.99 Å². The van der Waals surface area contributed by atoms with Crippen molar-refractivity contribution in [2.24, 2.45) is 10.7 Å². The van der Waals surface area contributed by atoms with Gasteiger partial charge in [0.15, 0.2) is 5.96 Å². The number of ether oxygens (including phenoxy) is 2. The predicted octanol–water partition coefficient (Wildman–Crippen LogP) is 3.18. The van der Waals surface area contributed by atoms with Crippen LogP contribution in [0.4, 0.5) is 10.3 Å². The molecule has 0 radical (unpaired) electrons. The van der Waals surface area contributed by atoms with Crippen molar-refractivity contribution in [3.05, 3.63) is 71.7 Å². The molecule has 2 fully saturated rings. The predicted molar refractivity (Wildman–Crippen MR) is 153 cm³/mol. The van der Waals surface area contributed by atoms with Gasteiger partial charge in [0.2, 0.25) is 0 Å². The molecule has 0 spiro atoms. The van der Waals surface area contributed by atoms with Gasteiger partial charge >= 0.3 is 0 Å². The highest BCUT2D eigenvalue weighted by Crippen LogP contribution is 2.23. The van der Waals surface area contributed by atoms with Crippen LogP contribution in [0.3, 0.4) is 0 Å². The van der Waals surface area contributed by atoms with Gasteiger partial charge in [0.1, 0.15) is 5.82 Å². The first kappa shape index (κ1) is 28.2. The molecule has 0 atom stereocenters. The zero-order valence-electron chi connectivity index (χ0n) is 23.0. The number of nitrogens with zero attached hydrogens (tertiary/aromatic N) is 5. The summed E-state index contributed by atoms with van der Waals surface area (Å²) in [7, 11) is 0. The first-order chi connectivity index (χ1) is 19.6. The van der Waals surface area contributed by atoms with Crippen LogP contribution in [-0.2, 0) is 22.3 Å². The molecule has 214 valence electrons. The molecule has 2 N–H and O–H groups in total. The summed E-state index contributed by atoms with van der Waals surface area (Å²) in [5, 5.41) is 4.21. The number of nitrogens with two attached hydrogens (primary N) is 1. The van der Waals surface area contributed by atoms with Gasteiger partial charge in [0.25, 0.3) is 5.88 Å². The van der Waals surface area contributed by atoms with Crippen LogP contribution >= 0.6 is 0 Å². The van der Waals surface area contributed by atoms with Crippen molar-refractivity contribution >= 4 is 11.8 Å². The summed E-state index contributed by atoms with van der Waals surface area (Å²) in [5.41, 5.74) is 9.93. The van der Waals surface area contributed by atoms with Gasteiger partial charge in [0, 0.05) is 64.0 Å². The summed E-state index contributed by atoms with van der Waals surface area (Å²) >= 11 is 0. The molecule has 3 aromatic rings. The van der Waals surface area contributed by atoms with E-state index in [1.807, 2.05) is 36.4 Å². The zero-order chi connectivity index (χ0) is 27.6. The molecule has 0 unspecified atom stereocenters. The van der Waals surface area contributed by atoms with E-state index in [4.69, 9.17) is 19.7 Å². The van der Waals surface area contributed by atoms with E-state index in [1.165, 1.54) is 6.07 Å². The fraction of sp³-hybridized carbons (Fsp3) is 0.467. The summed E-state index contributed by atoms with van der Waals surface area (Å²) in [6, 6.07) is 16.6. The number of hydrogen-bond donors (Lipinski definition) is 1. The van der Waals surface area contributed by atoms with E-state index in [9.17, 15) is 4.39 Å². The fourth-order valence-electron chi connectivity index (χ4n) is 4.99. The summed E-state index contributed by atoms with van der Waals surface area (Å²) in [6.07, 6.45) is 1.49. The summed E-state index contributed by atoms with van der Waals surface area (Å²) in [4.78, 5) is 11.5. The minimum Gasteiger partial charge on any atom is -0.379 e. The zero-order valence-corrected chi connectivity index (χ0v) is 23.0. The Balaban J connectivity index is 1.17. The summed E-state index contributed by atoms with van der Waals surface area (Å²) in [6.45, 7) is 10.2. The topological polar surface area (TPSA) is 92.6 Å². The second-order valence-electron chi connectivity index (χ2n) is 10.2. The van der Waals surface area contributed by atoms with Crippen LogP contribution in [0.15, 0.2) is 64.1 Å². The maximum absolute atomic E-state index is 14.1. The largest absolute Gasteiger partial charge is 0.379 e. The molecule has 2 aliphatic rings. The molecule has 0 aliphatic carbocycles. The minimum atomic E-state index is -0.217. The normalized spacial score (nSPS) is 17.3. The van der Waals surface area contributed by atoms with Crippen LogP contribution in [0.1, 0.15) is 11.3 Å². The number of aryl methyl sites for hydroxylation is 2. The maximum atomic E-state index is 14.1. The standard InChI is InChI=1S/C30H39FN6O3/c31-28-4-2-1-3-27(28)25-8-5-24(6-9-25)7-10-26-23-29(40-34-26)33-30(32)37(13-11-35-15-19-38-20-16-35)14-12-36-17-21-39-22-18-36/h1-6,8-9,23H,7,10-22H2,(H2,32,33). The van der Waals surface area contributed by atoms with Crippen LogP contribution in [0, 0.1) is 5.82 Å². The number of aliphatic imine (C=N–C) groups is 1. The highest BCUT2D eigenvalue weighted by Gasteiger charge is 2.17. The van der Waals surface area contributed by atoms with Crippen LogP contribution in [0.5, 0.6) is 0 Å².